The molecule has 0 spiro atoms. The molecule has 6 nitrogen and oxygen atoms in total. The second-order valence-electron chi connectivity index (χ2n) is 4.74. The van der Waals surface area contributed by atoms with Gasteiger partial charge in [-0.3, -0.25) is 5.43 Å². The third kappa shape index (κ3) is 4.03. The number of nitrogens with zero attached hydrogens (tertiary/aromatic N) is 5. The molecule has 0 radical (unpaired) electrons. The molecule has 0 amide bonds. The summed E-state index contributed by atoms with van der Waals surface area (Å²) >= 11 is 17.8. The van der Waals surface area contributed by atoms with E-state index in [-0.39, 0.29) is 0 Å². The van der Waals surface area contributed by atoms with Crippen LogP contribution in [0.4, 0.5) is 5.69 Å². The van der Waals surface area contributed by atoms with Crippen LogP contribution < -0.4 is 5.43 Å². The molecular weight excluding hydrogens is 371 g/mol. The lowest BCUT2D eigenvalue weighted by Gasteiger charge is -2.04. The highest BCUT2D eigenvalue weighted by atomic mass is 35.5. The van der Waals surface area contributed by atoms with Crippen molar-refractivity contribution in [3.05, 3.63) is 63.4 Å². The van der Waals surface area contributed by atoms with E-state index >= 15 is 0 Å². The van der Waals surface area contributed by atoms with Crippen LogP contribution in [0.1, 0.15) is 5.82 Å². The van der Waals surface area contributed by atoms with Crippen LogP contribution in [-0.2, 0) is 6.42 Å². The molecule has 0 fully saturated rings. The number of anilines is 1. The van der Waals surface area contributed by atoms with Crippen LogP contribution in [-0.4, -0.2) is 26.4 Å². The number of nitrogens with one attached hydrogen (secondary N) is 1. The molecule has 0 unspecified atom stereocenters. The molecule has 1 aromatic heterocycles. The molecule has 0 aliphatic carbocycles. The van der Waals surface area contributed by atoms with Crippen LogP contribution >= 0.6 is 34.8 Å². The summed E-state index contributed by atoms with van der Waals surface area (Å²) in [4.78, 5) is 0. The van der Waals surface area contributed by atoms with Gasteiger partial charge in [0, 0.05) is 17.7 Å². The summed E-state index contributed by atoms with van der Waals surface area (Å²) in [5.74, 6) is 0.620. The molecule has 3 aromatic rings. The Morgan fingerprint density at radius 2 is 1.83 bits per heavy atom. The quantitative estimate of drug-likeness (QED) is 0.529. The maximum atomic E-state index is 6.03. The number of hydrogen-bond acceptors (Lipinski definition) is 5. The molecule has 1 N–H and O–H groups in total. The molecule has 24 heavy (non-hydrogen) atoms. The van der Waals surface area contributed by atoms with Gasteiger partial charge in [0.2, 0.25) is 0 Å². The monoisotopic (exact) mass is 380 g/mol. The zero-order valence-electron chi connectivity index (χ0n) is 12.2. The first-order valence-corrected chi connectivity index (χ1v) is 8.02. The molecule has 1 heterocycles. The number of aromatic nitrogens is 4. The van der Waals surface area contributed by atoms with Crippen LogP contribution in [0, 0.1) is 0 Å². The van der Waals surface area contributed by atoms with Gasteiger partial charge < -0.3 is 0 Å². The van der Waals surface area contributed by atoms with Crippen molar-refractivity contribution in [2.75, 3.05) is 5.43 Å². The normalized spacial score (nSPS) is 11.1. The Bertz CT molecular complexity index is 860. The Balaban J connectivity index is 1.68. The van der Waals surface area contributed by atoms with Gasteiger partial charge in [-0.05, 0) is 52.9 Å². The predicted octanol–water partition coefficient (Wildman–Crippen LogP) is 4.26. The number of hydrazone groups is 1. The number of hydrogen-bond donors (Lipinski definition) is 1. The van der Waals surface area contributed by atoms with Gasteiger partial charge in [0.05, 0.1) is 21.4 Å². The van der Waals surface area contributed by atoms with Crippen LogP contribution in [0.2, 0.25) is 15.1 Å². The highest BCUT2D eigenvalue weighted by Crippen LogP contribution is 2.24. The first kappa shape index (κ1) is 16.7. The SMILES string of the molecule is Clc1ccc(N/N=C\Cc2nnnn2-c2ccc(Cl)c(Cl)c2)cc1. The average Bonchev–Trinajstić information content (AvgIpc) is 3.04. The van der Waals surface area contributed by atoms with Gasteiger partial charge in [0.15, 0.2) is 5.82 Å². The van der Waals surface area contributed by atoms with Gasteiger partial charge in [-0.25, -0.2) is 0 Å². The third-order valence-corrected chi connectivity index (χ3v) is 4.08. The van der Waals surface area contributed by atoms with E-state index in [0.29, 0.717) is 27.3 Å². The van der Waals surface area contributed by atoms with E-state index in [9.17, 15) is 0 Å². The summed E-state index contributed by atoms with van der Waals surface area (Å²) < 4.78 is 1.58. The second kappa shape index (κ2) is 7.61. The lowest BCUT2D eigenvalue weighted by atomic mass is 10.3. The van der Waals surface area contributed by atoms with E-state index in [2.05, 4.69) is 26.1 Å². The highest BCUT2D eigenvalue weighted by Gasteiger charge is 2.08. The summed E-state index contributed by atoms with van der Waals surface area (Å²) in [5, 5.41) is 17.4. The van der Waals surface area contributed by atoms with Gasteiger partial charge in [0.25, 0.3) is 0 Å². The Kier molecular flexibility index (Phi) is 5.30. The van der Waals surface area contributed by atoms with Gasteiger partial charge in [-0.2, -0.15) is 9.78 Å². The first-order valence-electron chi connectivity index (χ1n) is 6.89. The summed E-state index contributed by atoms with van der Waals surface area (Å²) in [5.41, 5.74) is 4.46. The van der Waals surface area contributed by atoms with Crippen molar-refractivity contribution in [3.63, 3.8) is 0 Å². The van der Waals surface area contributed by atoms with Crippen molar-refractivity contribution in [1.29, 1.82) is 0 Å². The fourth-order valence-electron chi connectivity index (χ4n) is 1.92. The first-order chi connectivity index (χ1) is 11.6. The van der Waals surface area contributed by atoms with Crippen LogP contribution in [0.3, 0.4) is 0 Å². The largest absolute Gasteiger partial charge is 0.279 e. The molecule has 122 valence electrons. The van der Waals surface area contributed by atoms with Crippen molar-refractivity contribution in [2.45, 2.75) is 6.42 Å². The van der Waals surface area contributed by atoms with Crippen LogP contribution in [0.25, 0.3) is 5.69 Å². The van der Waals surface area contributed by atoms with Gasteiger partial charge in [-0.15, -0.1) is 5.10 Å². The molecule has 0 saturated heterocycles. The molecular formula is C15H11Cl3N6. The van der Waals surface area contributed by atoms with Gasteiger partial charge in [-0.1, -0.05) is 34.8 Å². The summed E-state index contributed by atoms with van der Waals surface area (Å²) in [7, 11) is 0. The van der Waals surface area contributed by atoms with E-state index in [4.69, 9.17) is 34.8 Å². The molecule has 9 heteroatoms. The van der Waals surface area contributed by atoms with E-state index in [1.54, 1.807) is 41.2 Å². The summed E-state index contributed by atoms with van der Waals surface area (Å²) in [6.45, 7) is 0. The van der Waals surface area contributed by atoms with Crippen molar-refractivity contribution in [2.24, 2.45) is 5.10 Å². The molecule has 0 aliphatic rings. The Hall–Kier alpha value is -2.15. The van der Waals surface area contributed by atoms with Gasteiger partial charge in [0.1, 0.15) is 0 Å². The summed E-state index contributed by atoms with van der Waals surface area (Å²) in [6, 6.07) is 12.4. The maximum absolute atomic E-state index is 6.03. The standard InChI is InChI=1S/C15H11Cl3N6/c16-10-1-3-11(4-2-10)20-19-8-7-15-21-22-23-24(15)12-5-6-13(17)14(18)9-12/h1-6,8-9,20H,7H2/b19-8-. The van der Waals surface area contributed by atoms with E-state index in [1.165, 1.54) is 0 Å². The molecule has 0 atom stereocenters. The van der Waals surface area contributed by atoms with Crippen molar-refractivity contribution >= 4 is 46.7 Å². The molecule has 0 bridgehead atoms. The Morgan fingerprint density at radius 1 is 1.04 bits per heavy atom. The average molecular weight is 382 g/mol. The van der Waals surface area contributed by atoms with Crippen molar-refractivity contribution < 1.29 is 0 Å². The third-order valence-electron chi connectivity index (χ3n) is 3.08. The molecule has 3 rings (SSSR count). The van der Waals surface area contributed by atoms with Crippen molar-refractivity contribution in [1.82, 2.24) is 20.2 Å². The number of halogens is 3. The smallest absolute Gasteiger partial charge is 0.162 e. The minimum Gasteiger partial charge on any atom is -0.279 e. The van der Waals surface area contributed by atoms with Crippen molar-refractivity contribution in [3.8, 4) is 5.69 Å². The minimum absolute atomic E-state index is 0.438. The number of tetrazole rings is 1. The van der Waals surface area contributed by atoms with E-state index < -0.39 is 0 Å². The minimum atomic E-state index is 0.438. The lowest BCUT2D eigenvalue weighted by Crippen LogP contribution is -2.04. The van der Waals surface area contributed by atoms with Crippen LogP contribution in [0.15, 0.2) is 47.6 Å². The van der Waals surface area contributed by atoms with Gasteiger partial charge >= 0.3 is 0 Å². The molecule has 2 aromatic carbocycles. The van der Waals surface area contributed by atoms with Crippen LogP contribution in [0.5, 0.6) is 0 Å². The van der Waals surface area contributed by atoms with E-state index in [0.717, 1.165) is 11.4 Å². The lowest BCUT2D eigenvalue weighted by molar-refractivity contribution is 0.776. The zero-order valence-corrected chi connectivity index (χ0v) is 14.5. The number of rotatable bonds is 5. The maximum Gasteiger partial charge on any atom is 0.162 e. The highest BCUT2D eigenvalue weighted by molar-refractivity contribution is 6.42. The second-order valence-corrected chi connectivity index (χ2v) is 5.99. The zero-order chi connectivity index (χ0) is 16.9. The molecule has 0 aliphatic heterocycles. The Labute approximate surface area is 153 Å². The Morgan fingerprint density at radius 3 is 2.58 bits per heavy atom. The molecule has 0 saturated carbocycles. The summed E-state index contributed by atoms with van der Waals surface area (Å²) in [6.07, 6.45) is 2.11. The number of benzene rings is 2. The fourth-order valence-corrected chi connectivity index (χ4v) is 2.34. The predicted molar refractivity (Wildman–Crippen MR) is 96.4 cm³/mol. The fraction of sp³-hybridized carbons (Fsp3) is 0.0667. The topological polar surface area (TPSA) is 68.0 Å². The van der Waals surface area contributed by atoms with E-state index in [1.807, 2.05) is 12.1 Å².